The Morgan fingerprint density at radius 1 is 1.15 bits per heavy atom. The fourth-order valence-corrected chi connectivity index (χ4v) is 5.31. The lowest BCUT2D eigenvalue weighted by Gasteiger charge is -2.26. The Morgan fingerprint density at radius 2 is 1.94 bits per heavy atom. The van der Waals surface area contributed by atoms with E-state index in [0.717, 1.165) is 5.56 Å². The van der Waals surface area contributed by atoms with Crippen LogP contribution in [-0.2, 0) is 4.79 Å². The van der Waals surface area contributed by atoms with Gasteiger partial charge >= 0.3 is 0 Å². The van der Waals surface area contributed by atoms with Crippen LogP contribution in [0.2, 0.25) is 0 Å². The number of hydrogen-bond acceptors (Lipinski definition) is 8. The highest BCUT2D eigenvalue weighted by Crippen LogP contribution is 2.37. The molecule has 8 nitrogen and oxygen atoms in total. The molecule has 0 amide bonds. The van der Waals surface area contributed by atoms with Gasteiger partial charge in [0, 0.05) is 22.9 Å². The zero-order valence-electron chi connectivity index (χ0n) is 19.1. The monoisotopic (exact) mass is 478 g/mol. The Kier molecular flexibility index (Phi) is 5.49. The highest BCUT2D eigenvalue weighted by molar-refractivity contribution is 7.07. The first-order valence-electron chi connectivity index (χ1n) is 10.6. The van der Waals surface area contributed by atoms with Crippen molar-refractivity contribution in [2.45, 2.75) is 19.9 Å². The summed E-state index contributed by atoms with van der Waals surface area (Å²) in [5.74, 6) is 2.28. The first-order valence-corrected chi connectivity index (χ1v) is 11.4. The Hall–Kier alpha value is -3.85. The number of fused-ring (bicyclic) bond motifs is 2. The van der Waals surface area contributed by atoms with E-state index in [0.29, 0.717) is 49.2 Å². The molecule has 0 aliphatic carbocycles. The lowest BCUT2D eigenvalue weighted by Crippen LogP contribution is -2.39. The second-order valence-corrected chi connectivity index (χ2v) is 8.87. The summed E-state index contributed by atoms with van der Waals surface area (Å²) in [6.45, 7) is 3.45. The highest BCUT2D eigenvalue weighted by atomic mass is 32.1. The van der Waals surface area contributed by atoms with Crippen LogP contribution in [0, 0.1) is 0 Å². The van der Waals surface area contributed by atoms with Gasteiger partial charge in [-0.15, -0.1) is 0 Å². The molecule has 3 aromatic rings. The van der Waals surface area contributed by atoms with Crippen molar-refractivity contribution in [3.05, 3.63) is 78.5 Å². The number of methoxy groups -OCH3 is 2. The Labute approximate surface area is 199 Å². The summed E-state index contributed by atoms with van der Waals surface area (Å²) in [7, 11) is 3.12. The summed E-state index contributed by atoms with van der Waals surface area (Å²) >= 11 is 1.27. The number of allylic oxidation sites excluding steroid dienone is 2. The molecule has 0 N–H and O–H groups in total. The van der Waals surface area contributed by atoms with Crippen molar-refractivity contribution in [2.75, 3.05) is 21.0 Å². The van der Waals surface area contributed by atoms with E-state index in [1.165, 1.54) is 18.3 Å². The van der Waals surface area contributed by atoms with Crippen LogP contribution in [0.15, 0.2) is 57.5 Å². The van der Waals surface area contributed by atoms with Gasteiger partial charge in [-0.05, 0) is 49.8 Å². The Balaban J connectivity index is 1.73. The standard InChI is InChI=1S/C25H22N2O6S/c1-13-22(14(2)28)23(17-7-6-16(30-3)11-19(17)31-4)27-24(29)21(34-25(27)26-13)10-15-5-8-18-20(9-15)33-12-32-18/h5-11,23H,12H2,1-4H3/b21-10-/t23-/m1/s1. The van der Waals surface area contributed by atoms with Gasteiger partial charge in [0.15, 0.2) is 22.1 Å². The maximum absolute atomic E-state index is 13.7. The Bertz CT molecular complexity index is 1530. The topological polar surface area (TPSA) is 88.4 Å². The van der Waals surface area contributed by atoms with E-state index in [1.54, 1.807) is 43.9 Å². The number of ether oxygens (including phenoxy) is 4. The van der Waals surface area contributed by atoms with Crippen molar-refractivity contribution in [3.63, 3.8) is 0 Å². The molecule has 2 aliphatic rings. The first-order chi connectivity index (χ1) is 16.4. The molecule has 5 rings (SSSR count). The summed E-state index contributed by atoms with van der Waals surface area (Å²) in [6, 6.07) is 10.2. The molecule has 0 spiro atoms. The number of benzene rings is 2. The second-order valence-electron chi connectivity index (χ2n) is 7.86. The van der Waals surface area contributed by atoms with Crippen LogP contribution in [0.1, 0.15) is 31.0 Å². The van der Waals surface area contributed by atoms with Gasteiger partial charge < -0.3 is 18.9 Å². The number of ketones is 1. The Morgan fingerprint density at radius 3 is 2.68 bits per heavy atom. The zero-order valence-corrected chi connectivity index (χ0v) is 19.9. The highest BCUT2D eigenvalue weighted by Gasteiger charge is 2.32. The van der Waals surface area contributed by atoms with Gasteiger partial charge in [0.25, 0.3) is 5.56 Å². The van der Waals surface area contributed by atoms with E-state index in [2.05, 4.69) is 4.99 Å². The van der Waals surface area contributed by atoms with Gasteiger partial charge in [0.1, 0.15) is 11.5 Å². The van der Waals surface area contributed by atoms with E-state index in [9.17, 15) is 9.59 Å². The first kappa shape index (κ1) is 22.0. The van der Waals surface area contributed by atoms with E-state index in [4.69, 9.17) is 18.9 Å². The van der Waals surface area contributed by atoms with Gasteiger partial charge in [0.05, 0.1) is 24.8 Å². The number of Topliss-reactive ketones (excluding diaryl/α,β-unsaturated/α-hetero) is 1. The van der Waals surface area contributed by atoms with E-state index in [-0.39, 0.29) is 18.1 Å². The molecule has 2 aliphatic heterocycles. The predicted molar refractivity (Wildman–Crippen MR) is 127 cm³/mol. The summed E-state index contributed by atoms with van der Waals surface area (Å²) in [4.78, 5) is 31.5. The molecule has 34 heavy (non-hydrogen) atoms. The molecule has 1 aromatic heterocycles. The second kappa shape index (κ2) is 8.49. The number of carbonyl (C=O) groups is 1. The summed E-state index contributed by atoms with van der Waals surface area (Å²) in [5, 5.41) is 0. The zero-order chi connectivity index (χ0) is 24.0. The van der Waals surface area contributed by atoms with Crippen molar-refractivity contribution in [3.8, 4) is 23.0 Å². The van der Waals surface area contributed by atoms with Gasteiger partial charge in [-0.3, -0.25) is 14.2 Å². The van der Waals surface area contributed by atoms with Gasteiger partial charge in [-0.25, -0.2) is 4.99 Å². The van der Waals surface area contributed by atoms with Crippen LogP contribution in [-0.4, -0.2) is 31.4 Å². The number of aromatic nitrogens is 1. The van der Waals surface area contributed by atoms with Gasteiger partial charge in [-0.1, -0.05) is 17.4 Å². The third-order valence-electron chi connectivity index (χ3n) is 5.83. The summed E-state index contributed by atoms with van der Waals surface area (Å²) in [5.41, 5.74) is 2.27. The van der Waals surface area contributed by atoms with Crippen molar-refractivity contribution in [1.29, 1.82) is 0 Å². The molecule has 0 unspecified atom stereocenters. The molecule has 0 saturated heterocycles. The molecular formula is C25H22N2O6S. The molecule has 0 bridgehead atoms. The van der Waals surface area contributed by atoms with E-state index >= 15 is 0 Å². The number of nitrogens with zero attached hydrogens (tertiary/aromatic N) is 2. The van der Waals surface area contributed by atoms with Crippen LogP contribution in [0.5, 0.6) is 23.0 Å². The minimum atomic E-state index is -0.673. The van der Waals surface area contributed by atoms with Crippen LogP contribution in [0.3, 0.4) is 0 Å². The number of thiazole rings is 1. The number of rotatable bonds is 5. The molecule has 9 heteroatoms. The lowest BCUT2D eigenvalue weighted by molar-refractivity contribution is -0.114. The fraction of sp³-hybridized carbons (Fsp3) is 0.240. The average Bonchev–Trinajstić information content (AvgIpc) is 3.41. The molecule has 2 aromatic carbocycles. The average molecular weight is 479 g/mol. The fourth-order valence-electron chi connectivity index (χ4n) is 4.26. The van der Waals surface area contributed by atoms with Crippen LogP contribution in [0.25, 0.3) is 6.08 Å². The minimum Gasteiger partial charge on any atom is -0.497 e. The SMILES string of the molecule is COc1ccc([C@@H]2C(C(C)=O)=C(C)N=c3s/c(=C\c4ccc5c(c4)OCO5)c(=O)n32)c(OC)c1. The molecule has 0 fully saturated rings. The van der Waals surface area contributed by atoms with Gasteiger partial charge in [-0.2, -0.15) is 0 Å². The number of carbonyl (C=O) groups excluding carboxylic acids is 1. The predicted octanol–water partition coefficient (Wildman–Crippen LogP) is 2.57. The molecule has 174 valence electrons. The van der Waals surface area contributed by atoms with E-state index < -0.39 is 6.04 Å². The van der Waals surface area contributed by atoms with Crippen LogP contribution >= 0.6 is 11.3 Å². The third kappa shape index (κ3) is 3.58. The van der Waals surface area contributed by atoms with Crippen molar-refractivity contribution < 1.29 is 23.7 Å². The summed E-state index contributed by atoms with van der Waals surface area (Å²) < 4.78 is 23.8. The molecule has 0 radical (unpaired) electrons. The molecule has 0 saturated carbocycles. The smallest absolute Gasteiger partial charge is 0.271 e. The van der Waals surface area contributed by atoms with Crippen molar-refractivity contribution in [2.24, 2.45) is 4.99 Å². The van der Waals surface area contributed by atoms with Crippen molar-refractivity contribution in [1.82, 2.24) is 4.57 Å². The normalized spacial score (nSPS) is 16.8. The summed E-state index contributed by atoms with van der Waals surface area (Å²) in [6.07, 6.45) is 1.79. The molecule has 3 heterocycles. The number of hydrogen-bond donors (Lipinski definition) is 0. The van der Waals surface area contributed by atoms with E-state index in [1.807, 2.05) is 24.3 Å². The lowest BCUT2D eigenvalue weighted by atomic mass is 9.92. The molecule has 1 atom stereocenters. The van der Waals surface area contributed by atoms with Crippen LogP contribution < -0.4 is 33.8 Å². The quantitative estimate of drug-likeness (QED) is 0.560. The molecular weight excluding hydrogens is 456 g/mol. The maximum Gasteiger partial charge on any atom is 0.271 e. The van der Waals surface area contributed by atoms with Gasteiger partial charge in [0.2, 0.25) is 6.79 Å². The maximum atomic E-state index is 13.7. The van der Waals surface area contributed by atoms with Crippen LogP contribution in [0.4, 0.5) is 0 Å². The van der Waals surface area contributed by atoms with Crippen molar-refractivity contribution >= 4 is 23.2 Å². The largest absolute Gasteiger partial charge is 0.497 e. The third-order valence-corrected chi connectivity index (χ3v) is 6.81. The minimum absolute atomic E-state index is 0.158.